The molecule has 2 N–H and O–H groups in total. The molecular formula is C12H18ClN3O. The Labute approximate surface area is 106 Å². The van der Waals surface area contributed by atoms with E-state index in [1.807, 2.05) is 7.05 Å². The minimum absolute atomic E-state index is 0.0506. The summed E-state index contributed by atoms with van der Waals surface area (Å²) in [6, 6.07) is 1.69. The fourth-order valence-corrected chi connectivity index (χ4v) is 2.44. The molecule has 1 fully saturated rings. The second-order valence-corrected chi connectivity index (χ2v) is 4.99. The minimum atomic E-state index is -0.0506. The molecule has 1 saturated heterocycles. The van der Waals surface area contributed by atoms with Crippen molar-refractivity contribution >= 4 is 17.5 Å². The van der Waals surface area contributed by atoms with Crippen molar-refractivity contribution in [2.24, 2.45) is 13.0 Å². The predicted octanol–water partition coefficient (Wildman–Crippen LogP) is 1.41. The van der Waals surface area contributed by atoms with Gasteiger partial charge in [0.15, 0.2) is 0 Å². The van der Waals surface area contributed by atoms with Crippen LogP contribution in [0.15, 0.2) is 12.3 Å². The van der Waals surface area contributed by atoms with E-state index in [4.69, 9.17) is 11.6 Å². The van der Waals surface area contributed by atoms with Gasteiger partial charge in [0, 0.05) is 19.8 Å². The molecule has 1 aromatic rings. The third-order valence-corrected chi connectivity index (χ3v) is 3.41. The van der Waals surface area contributed by atoms with Crippen LogP contribution in [0.4, 0.5) is 0 Å². The summed E-state index contributed by atoms with van der Waals surface area (Å²) in [4.78, 5) is 11.8. The molecule has 0 bridgehead atoms. The highest BCUT2D eigenvalue weighted by Crippen LogP contribution is 2.13. The smallest absolute Gasteiger partial charge is 0.267 e. The fourth-order valence-electron chi connectivity index (χ4n) is 2.19. The number of hydrogen-bond acceptors (Lipinski definition) is 2. The van der Waals surface area contributed by atoms with Gasteiger partial charge in [-0.1, -0.05) is 11.6 Å². The van der Waals surface area contributed by atoms with Crippen molar-refractivity contribution in [3.8, 4) is 0 Å². The Morgan fingerprint density at radius 1 is 1.71 bits per heavy atom. The number of aryl methyl sites for hydroxylation is 1. The first-order chi connectivity index (χ1) is 8.16. The Morgan fingerprint density at radius 3 is 3.12 bits per heavy atom. The summed E-state index contributed by atoms with van der Waals surface area (Å²) >= 11 is 5.84. The quantitative estimate of drug-likeness (QED) is 0.855. The van der Waals surface area contributed by atoms with Gasteiger partial charge in [0.1, 0.15) is 5.69 Å². The molecule has 2 heterocycles. The van der Waals surface area contributed by atoms with Crippen molar-refractivity contribution in [1.29, 1.82) is 0 Å². The molecule has 1 unspecified atom stereocenters. The van der Waals surface area contributed by atoms with Crippen LogP contribution in [0.5, 0.6) is 0 Å². The molecular weight excluding hydrogens is 238 g/mol. The van der Waals surface area contributed by atoms with E-state index in [1.165, 1.54) is 6.42 Å². The average molecular weight is 256 g/mol. The van der Waals surface area contributed by atoms with Crippen LogP contribution >= 0.6 is 11.6 Å². The number of amides is 1. The number of carbonyl (C=O) groups excluding carboxylic acids is 1. The van der Waals surface area contributed by atoms with Gasteiger partial charge >= 0.3 is 0 Å². The number of halogens is 1. The molecule has 1 amide bonds. The zero-order valence-corrected chi connectivity index (χ0v) is 10.8. The molecule has 5 heteroatoms. The molecule has 1 aliphatic heterocycles. The van der Waals surface area contributed by atoms with Crippen LogP contribution < -0.4 is 10.6 Å². The van der Waals surface area contributed by atoms with E-state index in [0.29, 0.717) is 16.6 Å². The second kappa shape index (κ2) is 5.56. The third kappa shape index (κ3) is 3.23. The lowest BCUT2D eigenvalue weighted by molar-refractivity contribution is 0.0943. The monoisotopic (exact) mass is 255 g/mol. The Morgan fingerprint density at radius 2 is 2.53 bits per heavy atom. The van der Waals surface area contributed by atoms with Gasteiger partial charge in [-0.15, -0.1) is 0 Å². The summed E-state index contributed by atoms with van der Waals surface area (Å²) in [5.74, 6) is 0.651. The number of nitrogens with one attached hydrogen (secondary N) is 2. The first-order valence-corrected chi connectivity index (χ1v) is 6.35. The molecule has 0 saturated carbocycles. The molecule has 1 aromatic heterocycles. The van der Waals surface area contributed by atoms with Crippen molar-refractivity contribution in [3.63, 3.8) is 0 Å². The van der Waals surface area contributed by atoms with Crippen molar-refractivity contribution in [3.05, 3.63) is 23.0 Å². The summed E-state index contributed by atoms with van der Waals surface area (Å²) in [5, 5.41) is 6.85. The van der Waals surface area contributed by atoms with E-state index in [-0.39, 0.29) is 5.91 Å². The SMILES string of the molecule is Cn1cc(Cl)cc1C(=O)NCCC1CCNC1. The lowest BCUT2D eigenvalue weighted by Gasteiger charge is -2.09. The third-order valence-electron chi connectivity index (χ3n) is 3.20. The topological polar surface area (TPSA) is 46.1 Å². The Bertz CT molecular complexity index is 396. The van der Waals surface area contributed by atoms with Gasteiger partial charge in [-0.05, 0) is 37.9 Å². The van der Waals surface area contributed by atoms with E-state index in [2.05, 4.69) is 10.6 Å². The van der Waals surface area contributed by atoms with E-state index in [1.54, 1.807) is 16.8 Å². The maximum atomic E-state index is 11.8. The summed E-state index contributed by atoms with van der Waals surface area (Å²) in [5.41, 5.74) is 0.611. The minimum Gasteiger partial charge on any atom is -0.351 e. The van der Waals surface area contributed by atoms with Crippen molar-refractivity contribution in [2.75, 3.05) is 19.6 Å². The Hall–Kier alpha value is -1.00. The highest BCUT2D eigenvalue weighted by atomic mass is 35.5. The zero-order valence-electron chi connectivity index (χ0n) is 10.0. The van der Waals surface area contributed by atoms with Crippen LogP contribution in [0.2, 0.25) is 5.02 Å². The van der Waals surface area contributed by atoms with Crippen molar-refractivity contribution in [1.82, 2.24) is 15.2 Å². The van der Waals surface area contributed by atoms with Gasteiger partial charge in [0.2, 0.25) is 0 Å². The molecule has 0 aromatic carbocycles. The van der Waals surface area contributed by atoms with E-state index in [9.17, 15) is 4.79 Å². The van der Waals surface area contributed by atoms with Crippen LogP contribution in [0, 0.1) is 5.92 Å². The van der Waals surface area contributed by atoms with E-state index in [0.717, 1.165) is 26.1 Å². The molecule has 1 aliphatic rings. The summed E-state index contributed by atoms with van der Waals surface area (Å²) in [6.07, 6.45) is 3.99. The van der Waals surface area contributed by atoms with Crippen LogP contribution in [-0.4, -0.2) is 30.1 Å². The van der Waals surface area contributed by atoms with Crippen LogP contribution in [0.1, 0.15) is 23.3 Å². The van der Waals surface area contributed by atoms with Gasteiger partial charge in [-0.3, -0.25) is 4.79 Å². The molecule has 0 spiro atoms. The molecule has 1 atom stereocenters. The highest BCUT2D eigenvalue weighted by molar-refractivity contribution is 6.31. The molecule has 4 nitrogen and oxygen atoms in total. The van der Waals surface area contributed by atoms with Gasteiger partial charge < -0.3 is 15.2 Å². The number of carbonyl (C=O) groups is 1. The molecule has 0 radical (unpaired) electrons. The fraction of sp³-hybridized carbons (Fsp3) is 0.583. The Balaban J connectivity index is 1.78. The zero-order chi connectivity index (χ0) is 12.3. The maximum absolute atomic E-state index is 11.8. The molecule has 2 rings (SSSR count). The van der Waals surface area contributed by atoms with Gasteiger partial charge in [-0.2, -0.15) is 0 Å². The first-order valence-electron chi connectivity index (χ1n) is 5.97. The normalized spacial score (nSPS) is 19.5. The number of aromatic nitrogens is 1. The predicted molar refractivity (Wildman–Crippen MR) is 68.3 cm³/mol. The van der Waals surface area contributed by atoms with Crippen LogP contribution in [0.25, 0.3) is 0 Å². The standard InChI is InChI=1S/C12H18ClN3O/c1-16-8-10(13)6-11(16)12(17)15-5-3-9-2-4-14-7-9/h6,8-9,14H,2-5,7H2,1H3,(H,15,17). The number of rotatable bonds is 4. The molecule has 0 aliphatic carbocycles. The summed E-state index contributed by atoms with van der Waals surface area (Å²) in [7, 11) is 1.82. The van der Waals surface area contributed by atoms with Gasteiger partial charge in [0.05, 0.1) is 5.02 Å². The largest absolute Gasteiger partial charge is 0.351 e. The number of hydrogen-bond donors (Lipinski definition) is 2. The van der Waals surface area contributed by atoms with E-state index < -0.39 is 0 Å². The van der Waals surface area contributed by atoms with E-state index >= 15 is 0 Å². The second-order valence-electron chi connectivity index (χ2n) is 4.56. The lowest BCUT2D eigenvalue weighted by atomic mass is 10.1. The van der Waals surface area contributed by atoms with Gasteiger partial charge in [0.25, 0.3) is 5.91 Å². The van der Waals surface area contributed by atoms with Crippen molar-refractivity contribution < 1.29 is 4.79 Å². The molecule has 17 heavy (non-hydrogen) atoms. The Kier molecular flexibility index (Phi) is 4.07. The highest BCUT2D eigenvalue weighted by Gasteiger charge is 2.15. The summed E-state index contributed by atoms with van der Waals surface area (Å²) in [6.45, 7) is 2.91. The maximum Gasteiger partial charge on any atom is 0.267 e. The first kappa shape index (κ1) is 12.5. The number of nitrogens with zero attached hydrogens (tertiary/aromatic N) is 1. The van der Waals surface area contributed by atoms with Crippen LogP contribution in [-0.2, 0) is 7.05 Å². The van der Waals surface area contributed by atoms with Gasteiger partial charge in [-0.25, -0.2) is 0 Å². The average Bonchev–Trinajstić information content (AvgIpc) is 2.88. The lowest BCUT2D eigenvalue weighted by Crippen LogP contribution is -2.27. The molecule has 94 valence electrons. The van der Waals surface area contributed by atoms with Crippen LogP contribution in [0.3, 0.4) is 0 Å². The summed E-state index contributed by atoms with van der Waals surface area (Å²) < 4.78 is 1.74. The van der Waals surface area contributed by atoms with Crippen molar-refractivity contribution in [2.45, 2.75) is 12.8 Å².